The van der Waals surface area contributed by atoms with Gasteiger partial charge in [0.05, 0.1) is 6.61 Å². The van der Waals surface area contributed by atoms with Gasteiger partial charge in [0.1, 0.15) is 0 Å². The molecule has 3 rings (SSSR count). The molecule has 0 N–H and O–H groups in total. The van der Waals surface area contributed by atoms with Crippen LogP contribution in [0.3, 0.4) is 0 Å². The summed E-state index contributed by atoms with van der Waals surface area (Å²) >= 11 is 0. The normalized spacial score (nSPS) is 28.7. The number of carbonyl (C=O) groups excluding carboxylic acids is 2. The summed E-state index contributed by atoms with van der Waals surface area (Å²) in [6.45, 7) is 6.18. The lowest BCUT2D eigenvalue weighted by molar-refractivity contribution is -0.131. The smallest absolute Gasteiger partial charge is 0.410 e. The minimum absolute atomic E-state index is 0.148. The highest BCUT2D eigenvalue weighted by atomic mass is 16.6. The molecule has 0 bridgehead atoms. The Hall–Kier alpha value is -1.26. The quantitative estimate of drug-likeness (QED) is 0.790. The zero-order chi connectivity index (χ0) is 17.1. The van der Waals surface area contributed by atoms with E-state index in [1.165, 1.54) is 25.7 Å². The van der Waals surface area contributed by atoms with Crippen LogP contribution in [-0.2, 0) is 9.53 Å². The summed E-state index contributed by atoms with van der Waals surface area (Å²) in [5.41, 5.74) is 0. The van der Waals surface area contributed by atoms with Gasteiger partial charge in [-0.15, -0.1) is 0 Å². The molecule has 0 radical (unpaired) electrons. The van der Waals surface area contributed by atoms with Crippen molar-refractivity contribution in [3.8, 4) is 0 Å². The average molecular weight is 336 g/mol. The first-order chi connectivity index (χ1) is 11.6. The lowest BCUT2D eigenvalue weighted by atomic mass is 9.92. The standard InChI is InChI=1S/C19H32N2O3/c1-14(2)21-17-10-12-20(11-9-16(17)13-24-19(21)23)18(22)8-7-15-5-3-4-6-15/h14-17H,3-13H2,1-2H3/t16-,17+/m1/s1. The van der Waals surface area contributed by atoms with Crippen molar-refractivity contribution in [3.63, 3.8) is 0 Å². The first-order valence-electron chi connectivity index (χ1n) is 9.79. The van der Waals surface area contributed by atoms with E-state index < -0.39 is 0 Å². The van der Waals surface area contributed by atoms with Gasteiger partial charge in [-0.2, -0.15) is 0 Å². The zero-order valence-electron chi connectivity index (χ0n) is 15.2. The summed E-state index contributed by atoms with van der Waals surface area (Å²) in [5, 5.41) is 0. The number of rotatable bonds is 4. The number of fused-ring (bicyclic) bond motifs is 1. The van der Waals surface area contributed by atoms with Crippen LogP contribution >= 0.6 is 0 Å². The Morgan fingerprint density at radius 2 is 1.88 bits per heavy atom. The molecule has 0 aromatic carbocycles. The molecule has 0 unspecified atom stereocenters. The Morgan fingerprint density at radius 1 is 1.17 bits per heavy atom. The molecule has 2 heterocycles. The molecule has 5 heteroatoms. The van der Waals surface area contributed by atoms with Gasteiger partial charge < -0.3 is 14.5 Å². The molecule has 0 aromatic heterocycles. The van der Waals surface area contributed by atoms with Crippen LogP contribution in [0.25, 0.3) is 0 Å². The summed E-state index contributed by atoms with van der Waals surface area (Å²) < 4.78 is 5.37. The van der Waals surface area contributed by atoms with E-state index in [0.29, 0.717) is 24.9 Å². The molecule has 136 valence electrons. The molecule has 5 nitrogen and oxygen atoms in total. The van der Waals surface area contributed by atoms with Crippen molar-refractivity contribution < 1.29 is 14.3 Å². The maximum absolute atomic E-state index is 12.6. The maximum Gasteiger partial charge on any atom is 0.410 e. The third kappa shape index (κ3) is 3.86. The van der Waals surface area contributed by atoms with Crippen LogP contribution in [0.15, 0.2) is 0 Å². The highest BCUT2D eigenvalue weighted by Gasteiger charge is 2.40. The lowest BCUT2D eigenvalue weighted by Crippen LogP contribution is -2.54. The van der Waals surface area contributed by atoms with Crippen molar-refractivity contribution >= 4 is 12.0 Å². The minimum atomic E-state index is -0.188. The number of amides is 2. The van der Waals surface area contributed by atoms with E-state index in [0.717, 1.165) is 38.3 Å². The van der Waals surface area contributed by atoms with E-state index in [-0.39, 0.29) is 18.2 Å². The number of likely N-dealkylation sites (tertiary alicyclic amines) is 1. The summed E-state index contributed by atoms with van der Waals surface area (Å²) in [6.07, 6.45) is 8.68. The molecule has 2 amide bonds. The number of hydrogen-bond donors (Lipinski definition) is 0. The van der Waals surface area contributed by atoms with Crippen molar-refractivity contribution in [2.75, 3.05) is 19.7 Å². The predicted molar refractivity (Wildman–Crippen MR) is 92.6 cm³/mol. The van der Waals surface area contributed by atoms with Crippen LogP contribution in [0.5, 0.6) is 0 Å². The second kappa shape index (κ2) is 7.75. The third-order valence-corrected chi connectivity index (χ3v) is 6.15. The minimum Gasteiger partial charge on any atom is -0.449 e. The van der Waals surface area contributed by atoms with Gasteiger partial charge in [-0.3, -0.25) is 4.79 Å². The van der Waals surface area contributed by atoms with E-state index in [9.17, 15) is 9.59 Å². The highest BCUT2D eigenvalue weighted by molar-refractivity contribution is 5.76. The van der Waals surface area contributed by atoms with E-state index in [2.05, 4.69) is 0 Å². The molecule has 0 aromatic rings. The number of cyclic esters (lactones) is 1. The molecular weight excluding hydrogens is 304 g/mol. The summed E-state index contributed by atoms with van der Waals surface area (Å²) in [5.74, 6) is 1.44. The SMILES string of the molecule is CC(C)N1C(=O)OC[C@H]2CCN(C(=O)CCC3CCCC3)CC[C@@H]21. The van der Waals surface area contributed by atoms with Crippen LogP contribution in [-0.4, -0.2) is 53.6 Å². The van der Waals surface area contributed by atoms with Gasteiger partial charge in [0.15, 0.2) is 0 Å². The van der Waals surface area contributed by atoms with Crippen molar-refractivity contribution in [2.24, 2.45) is 11.8 Å². The molecule has 2 saturated heterocycles. The largest absolute Gasteiger partial charge is 0.449 e. The van der Waals surface area contributed by atoms with Crippen LogP contribution in [0.2, 0.25) is 0 Å². The number of hydrogen-bond acceptors (Lipinski definition) is 3. The lowest BCUT2D eigenvalue weighted by Gasteiger charge is -2.41. The van der Waals surface area contributed by atoms with Crippen molar-refractivity contribution in [1.82, 2.24) is 9.80 Å². The first-order valence-corrected chi connectivity index (χ1v) is 9.79. The first kappa shape index (κ1) is 17.6. The van der Waals surface area contributed by atoms with Crippen LogP contribution in [0.1, 0.15) is 65.2 Å². The van der Waals surface area contributed by atoms with Gasteiger partial charge in [0.25, 0.3) is 0 Å². The van der Waals surface area contributed by atoms with Crippen molar-refractivity contribution in [3.05, 3.63) is 0 Å². The summed E-state index contributed by atoms with van der Waals surface area (Å²) in [7, 11) is 0. The highest BCUT2D eigenvalue weighted by Crippen LogP contribution is 2.31. The molecule has 2 atom stereocenters. The second-order valence-electron chi connectivity index (χ2n) is 8.05. The summed E-state index contributed by atoms with van der Waals surface area (Å²) in [6, 6.07) is 0.369. The van der Waals surface area contributed by atoms with Crippen LogP contribution in [0.4, 0.5) is 4.79 Å². The van der Waals surface area contributed by atoms with Gasteiger partial charge >= 0.3 is 6.09 Å². The van der Waals surface area contributed by atoms with Crippen LogP contribution < -0.4 is 0 Å². The fourth-order valence-electron chi connectivity index (χ4n) is 4.73. The van der Waals surface area contributed by atoms with E-state index in [1.807, 2.05) is 23.6 Å². The van der Waals surface area contributed by atoms with Crippen molar-refractivity contribution in [2.45, 2.75) is 77.3 Å². The Morgan fingerprint density at radius 3 is 2.58 bits per heavy atom. The number of carbonyl (C=O) groups is 2. The topological polar surface area (TPSA) is 49.9 Å². The van der Waals surface area contributed by atoms with E-state index in [4.69, 9.17) is 4.74 Å². The Bertz CT molecular complexity index is 460. The van der Waals surface area contributed by atoms with Crippen molar-refractivity contribution in [1.29, 1.82) is 0 Å². The second-order valence-corrected chi connectivity index (χ2v) is 8.05. The Kier molecular flexibility index (Phi) is 5.67. The van der Waals surface area contributed by atoms with E-state index in [1.54, 1.807) is 0 Å². The fourth-order valence-corrected chi connectivity index (χ4v) is 4.73. The fraction of sp³-hybridized carbons (Fsp3) is 0.895. The van der Waals surface area contributed by atoms with Gasteiger partial charge in [0.2, 0.25) is 5.91 Å². The molecular formula is C19H32N2O3. The maximum atomic E-state index is 12.6. The van der Waals surface area contributed by atoms with Gasteiger partial charge in [0, 0.05) is 37.5 Å². The van der Waals surface area contributed by atoms with Gasteiger partial charge in [-0.25, -0.2) is 4.79 Å². The number of nitrogens with zero attached hydrogens (tertiary/aromatic N) is 2. The Labute approximate surface area is 145 Å². The number of ether oxygens (including phenoxy) is 1. The molecule has 3 aliphatic rings. The average Bonchev–Trinajstić information content (AvgIpc) is 2.98. The summed E-state index contributed by atoms with van der Waals surface area (Å²) in [4.78, 5) is 28.6. The monoisotopic (exact) mass is 336 g/mol. The van der Waals surface area contributed by atoms with Gasteiger partial charge in [-0.1, -0.05) is 25.7 Å². The molecule has 24 heavy (non-hydrogen) atoms. The molecule has 0 spiro atoms. The molecule has 1 aliphatic carbocycles. The van der Waals surface area contributed by atoms with E-state index >= 15 is 0 Å². The third-order valence-electron chi connectivity index (χ3n) is 6.15. The molecule has 1 saturated carbocycles. The molecule has 3 fully saturated rings. The Balaban J connectivity index is 1.55. The van der Waals surface area contributed by atoms with Gasteiger partial charge in [-0.05, 0) is 39.0 Å². The predicted octanol–water partition coefficient (Wildman–Crippen LogP) is 3.42. The van der Waals surface area contributed by atoms with Crippen LogP contribution in [0, 0.1) is 11.8 Å². The molecule has 2 aliphatic heterocycles. The zero-order valence-corrected chi connectivity index (χ0v) is 15.2.